The molecule has 0 heterocycles. The van der Waals surface area contributed by atoms with E-state index in [0.29, 0.717) is 11.1 Å². The smallest absolute Gasteiger partial charge is 0.150 e. The summed E-state index contributed by atoms with van der Waals surface area (Å²) in [5.74, 6) is 0. The minimum absolute atomic E-state index is 0.692. The molecule has 2 heteroatoms. The van der Waals surface area contributed by atoms with Crippen LogP contribution in [-0.4, -0.2) is 12.6 Å². The molecule has 4 aromatic carbocycles. The molecule has 156 valence electrons. The van der Waals surface area contributed by atoms with Crippen LogP contribution in [0.3, 0.4) is 0 Å². The molecule has 0 aliphatic heterocycles. The lowest BCUT2D eigenvalue weighted by atomic mass is 9.97. The number of hydrogen-bond donors (Lipinski definition) is 0. The Kier molecular flexibility index (Phi) is 6.23. The maximum absolute atomic E-state index is 11.0. The highest BCUT2D eigenvalue weighted by Crippen LogP contribution is 2.27. The van der Waals surface area contributed by atoms with Gasteiger partial charge in [0.15, 0.2) is 0 Å². The topological polar surface area (TPSA) is 34.1 Å². The summed E-state index contributed by atoms with van der Waals surface area (Å²) in [4.78, 5) is 22.0. The van der Waals surface area contributed by atoms with E-state index in [2.05, 4.69) is 60.7 Å². The van der Waals surface area contributed by atoms with Crippen molar-refractivity contribution in [2.24, 2.45) is 0 Å². The molecular formula is C30H24O2. The van der Waals surface area contributed by atoms with E-state index in [9.17, 15) is 9.59 Å². The van der Waals surface area contributed by atoms with Crippen molar-refractivity contribution in [3.63, 3.8) is 0 Å². The molecule has 0 radical (unpaired) electrons. The quantitative estimate of drug-likeness (QED) is 0.242. The second-order valence-corrected chi connectivity index (χ2v) is 7.92. The van der Waals surface area contributed by atoms with Crippen molar-refractivity contribution in [1.82, 2.24) is 0 Å². The van der Waals surface area contributed by atoms with Crippen molar-refractivity contribution < 1.29 is 9.59 Å². The van der Waals surface area contributed by atoms with Crippen molar-refractivity contribution in [2.75, 3.05) is 0 Å². The fraction of sp³-hybridized carbons (Fsp3) is 0.0667. The van der Waals surface area contributed by atoms with E-state index in [1.54, 1.807) is 0 Å². The number of fused-ring (bicyclic) bond motifs is 1. The van der Waals surface area contributed by atoms with Crippen LogP contribution in [0.5, 0.6) is 0 Å². The van der Waals surface area contributed by atoms with Crippen LogP contribution in [0, 0.1) is 13.8 Å². The summed E-state index contributed by atoms with van der Waals surface area (Å²) in [6.45, 7) is 4.03. The van der Waals surface area contributed by atoms with Gasteiger partial charge in [-0.2, -0.15) is 0 Å². The zero-order chi connectivity index (χ0) is 22.5. The van der Waals surface area contributed by atoms with E-state index in [-0.39, 0.29) is 0 Å². The van der Waals surface area contributed by atoms with Gasteiger partial charge in [0, 0.05) is 11.1 Å². The summed E-state index contributed by atoms with van der Waals surface area (Å²) in [5, 5.41) is 2.36. The third-order valence-corrected chi connectivity index (χ3v) is 5.74. The highest BCUT2D eigenvalue weighted by atomic mass is 16.1. The molecule has 2 nitrogen and oxygen atoms in total. The Labute approximate surface area is 188 Å². The van der Waals surface area contributed by atoms with Crippen LogP contribution in [0.2, 0.25) is 0 Å². The van der Waals surface area contributed by atoms with Gasteiger partial charge >= 0.3 is 0 Å². The van der Waals surface area contributed by atoms with Crippen molar-refractivity contribution in [2.45, 2.75) is 13.8 Å². The second kappa shape index (κ2) is 9.40. The van der Waals surface area contributed by atoms with Crippen LogP contribution < -0.4 is 0 Å². The van der Waals surface area contributed by atoms with E-state index in [0.717, 1.165) is 46.0 Å². The lowest BCUT2D eigenvalue weighted by Crippen LogP contribution is -1.87. The molecule has 0 aromatic heterocycles. The zero-order valence-electron chi connectivity index (χ0n) is 18.2. The SMILES string of the molecule is Cc1cc(C=O)ccc1/C=C\c1ccc(/C=C\c2ccc(C=O)cc2C)c2ccccc12. The first-order valence-corrected chi connectivity index (χ1v) is 10.6. The lowest BCUT2D eigenvalue weighted by molar-refractivity contribution is 0.111. The van der Waals surface area contributed by atoms with E-state index in [4.69, 9.17) is 0 Å². The second-order valence-electron chi connectivity index (χ2n) is 7.92. The van der Waals surface area contributed by atoms with Gasteiger partial charge in [-0.25, -0.2) is 0 Å². The molecule has 0 spiro atoms. The van der Waals surface area contributed by atoms with Crippen LogP contribution in [0.15, 0.2) is 72.8 Å². The summed E-state index contributed by atoms with van der Waals surface area (Å²) in [6, 6.07) is 24.1. The Morgan fingerprint density at radius 1 is 0.500 bits per heavy atom. The van der Waals surface area contributed by atoms with E-state index in [1.165, 1.54) is 10.8 Å². The van der Waals surface area contributed by atoms with Gasteiger partial charge < -0.3 is 0 Å². The van der Waals surface area contributed by atoms with E-state index >= 15 is 0 Å². The minimum atomic E-state index is 0.692. The summed E-state index contributed by atoms with van der Waals surface area (Å²) in [7, 11) is 0. The van der Waals surface area contributed by atoms with E-state index < -0.39 is 0 Å². The van der Waals surface area contributed by atoms with Crippen LogP contribution in [0.1, 0.15) is 54.1 Å². The van der Waals surface area contributed by atoms with E-state index in [1.807, 2.05) is 50.2 Å². The van der Waals surface area contributed by atoms with Crippen LogP contribution in [0.25, 0.3) is 35.1 Å². The van der Waals surface area contributed by atoms with Gasteiger partial charge in [-0.05, 0) is 70.1 Å². The van der Waals surface area contributed by atoms with Crippen molar-refractivity contribution in [3.8, 4) is 0 Å². The predicted octanol–water partition coefficient (Wildman–Crippen LogP) is 7.42. The normalized spacial score (nSPS) is 11.4. The number of hydrogen-bond acceptors (Lipinski definition) is 2. The average Bonchev–Trinajstić information content (AvgIpc) is 2.82. The molecule has 32 heavy (non-hydrogen) atoms. The van der Waals surface area contributed by atoms with Gasteiger partial charge in [0.1, 0.15) is 12.6 Å². The molecule has 0 bridgehead atoms. The number of aryl methyl sites for hydroxylation is 2. The monoisotopic (exact) mass is 416 g/mol. The standard InChI is InChI=1S/C30H24O2/c1-21-17-23(19-31)7-9-25(21)11-13-27-15-16-28(30-6-4-3-5-29(27)30)14-12-26-10-8-24(20-32)18-22(26)2/h3-20H,1-2H3/b13-11-,14-12-. The Morgan fingerprint density at radius 3 is 1.25 bits per heavy atom. The molecule has 0 aliphatic rings. The molecule has 0 N–H and O–H groups in total. The van der Waals surface area contributed by atoms with Gasteiger partial charge in [-0.15, -0.1) is 0 Å². The first-order chi connectivity index (χ1) is 15.6. The number of carbonyl (C=O) groups is 2. The summed E-state index contributed by atoms with van der Waals surface area (Å²) in [6.07, 6.45) is 10.2. The summed E-state index contributed by atoms with van der Waals surface area (Å²) >= 11 is 0. The highest BCUT2D eigenvalue weighted by molar-refractivity contribution is 5.99. The number of aldehydes is 2. The van der Waals surface area contributed by atoms with Gasteiger partial charge in [-0.1, -0.05) is 85.0 Å². The third-order valence-electron chi connectivity index (χ3n) is 5.74. The lowest BCUT2D eigenvalue weighted by Gasteiger charge is -2.08. The van der Waals surface area contributed by atoms with Crippen molar-refractivity contribution in [1.29, 1.82) is 0 Å². The molecule has 0 aliphatic carbocycles. The zero-order valence-corrected chi connectivity index (χ0v) is 18.2. The van der Waals surface area contributed by atoms with Crippen LogP contribution in [-0.2, 0) is 0 Å². The maximum Gasteiger partial charge on any atom is 0.150 e. The molecule has 0 unspecified atom stereocenters. The molecule has 4 rings (SSSR count). The van der Waals surface area contributed by atoms with Crippen LogP contribution >= 0.6 is 0 Å². The van der Waals surface area contributed by atoms with Gasteiger partial charge in [-0.3, -0.25) is 9.59 Å². The van der Waals surface area contributed by atoms with Gasteiger partial charge in [0.25, 0.3) is 0 Å². The molecule has 4 aromatic rings. The fourth-order valence-corrected chi connectivity index (χ4v) is 3.91. The van der Waals surface area contributed by atoms with Gasteiger partial charge in [0.2, 0.25) is 0 Å². The Hall–Kier alpha value is -4.04. The fourth-order valence-electron chi connectivity index (χ4n) is 3.91. The molecule has 0 atom stereocenters. The minimum Gasteiger partial charge on any atom is -0.298 e. The van der Waals surface area contributed by atoms with Crippen molar-refractivity contribution in [3.05, 3.63) is 117 Å². The number of carbonyl (C=O) groups excluding carboxylic acids is 2. The van der Waals surface area contributed by atoms with Gasteiger partial charge in [0.05, 0.1) is 0 Å². The first kappa shape index (κ1) is 21.2. The summed E-state index contributed by atoms with van der Waals surface area (Å²) < 4.78 is 0. The molecule has 0 fully saturated rings. The van der Waals surface area contributed by atoms with Crippen molar-refractivity contribution >= 4 is 47.6 Å². The van der Waals surface area contributed by atoms with Crippen LogP contribution in [0.4, 0.5) is 0 Å². The predicted molar refractivity (Wildman–Crippen MR) is 135 cm³/mol. The number of benzene rings is 4. The third kappa shape index (κ3) is 4.50. The highest BCUT2D eigenvalue weighted by Gasteiger charge is 2.04. The molecule has 0 saturated carbocycles. The summed E-state index contributed by atoms with van der Waals surface area (Å²) in [5.41, 5.74) is 8.01. The Bertz CT molecular complexity index is 1270. The molecule has 0 amide bonds. The number of rotatable bonds is 6. The Balaban J connectivity index is 1.69. The Morgan fingerprint density at radius 2 is 0.875 bits per heavy atom. The largest absolute Gasteiger partial charge is 0.298 e. The first-order valence-electron chi connectivity index (χ1n) is 10.6. The maximum atomic E-state index is 11.0. The molecular weight excluding hydrogens is 392 g/mol. The molecule has 0 saturated heterocycles. The average molecular weight is 417 g/mol.